The monoisotopic (exact) mass is 634 g/mol. The summed E-state index contributed by atoms with van der Waals surface area (Å²) in [4.78, 5) is 24.1. The van der Waals surface area contributed by atoms with Gasteiger partial charge in [-0.2, -0.15) is 4.99 Å². The average molecular weight is 635 g/mol. The van der Waals surface area contributed by atoms with Gasteiger partial charge in [0, 0.05) is 35.5 Å². The van der Waals surface area contributed by atoms with Gasteiger partial charge >= 0.3 is 12.4 Å². The zero-order valence-electron chi connectivity index (χ0n) is 25.1. The second-order valence-corrected chi connectivity index (χ2v) is 12.6. The third-order valence-electron chi connectivity index (χ3n) is 7.81. The molecule has 2 fully saturated rings. The predicted molar refractivity (Wildman–Crippen MR) is 170 cm³/mol. The molecule has 2 atom stereocenters. The van der Waals surface area contributed by atoms with Crippen molar-refractivity contribution < 1.29 is 22.7 Å². The van der Waals surface area contributed by atoms with E-state index in [0.717, 1.165) is 47.1 Å². The number of halogens is 3. The zero-order valence-corrected chi connectivity index (χ0v) is 25.9. The Hall–Kier alpha value is -4.32. The van der Waals surface area contributed by atoms with Gasteiger partial charge in [0.1, 0.15) is 12.1 Å². The van der Waals surface area contributed by atoms with Crippen LogP contribution < -0.4 is 15.0 Å². The maximum absolute atomic E-state index is 13.0. The molecule has 45 heavy (non-hydrogen) atoms. The molecule has 3 aromatic carbocycles. The van der Waals surface area contributed by atoms with Gasteiger partial charge in [-0.05, 0) is 72.7 Å². The molecule has 1 aliphatic heterocycles. The number of rotatable bonds is 7. The van der Waals surface area contributed by atoms with Crippen molar-refractivity contribution in [3.8, 4) is 22.8 Å². The molecular formula is C33H33F3N6O2S. The fourth-order valence-corrected chi connectivity index (χ4v) is 6.40. The average Bonchev–Trinajstić information content (AvgIpc) is 3.58. The van der Waals surface area contributed by atoms with E-state index in [1.807, 2.05) is 24.3 Å². The van der Waals surface area contributed by atoms with Crippen molar-refractivity contribution in [1.82, 2.24) is 20.1 Å². The Labute approximate surface area is 263 Å². The number of aliphatic imine (C=N–C) groups is 1. The number of urea groups is 1. The highest BCUT2D eigenvalue weighted by Gasteiger charge is 2.40. The number of nitrogens with one attached hydrogen (secondary N) is 1. The maximum atomic E-state index is 13.0. The number of hydrogen-bond donors (Lipinski definition) is 1. The molecule has 1 saturated carbocycles. The Kier molecular flexibility index (Phi) is 8.59. The fraction of sp³-hybridized carbons (Fsp3) is 0.333. The summed E-state index contributed by atoms with van der Waals surface area (Å²) in [6, 6.07) is 19.5. The number of anilines is 1. The number of hydrogen-bond acceptors (Lipinski definition) is 5. The zero-order chi connectivity index (χ0) is 31.7. The number of benzene rings is 3. The van der Waals surface area contributed by atoms with E-state index >= 15 is 0 Å². The highest BCUT2D eigenvalue weighted by Crippen LogP contribution is 2.41. The summed E-state index contributed by atoms with van der Waals surface area (Å²) in [5.74, 6) is 1.67. The van der Waals surface area contributed by atoms with Crippen molar-refractivity contribution in [1.29, 1.82) is 0 Å². The Morgan fingerprint density at radius 1 is 1.09 bits per heavy atom. The van der Waals surface area contributed by atoms with Crippen LogP contribution in [0.3, 0.4) is 0 Å². The minimum Gasteiger partial charge on any atom is -0.406 e. The smallest absolute Gasteiger partial charge is 0.406 e. The summed E-state index contributed by atoms with van der Waals surface area (Å²) < 4.78 is 42.7. The quantitative estimate of drug-likeness (QED) is 0.223. The Morgan fingerprint density at radius 2 is 1.84 bits per heavy atom. The number of aryl methyl sites for hydroxylation is 1. The van der Waals surface area contributed by atoms with Crippen LogP contribution in [0, 0.1) is 6.92 Å². The number of aromatic nitrogens is 3. The van der Waals surface area contributed by atoms with E-state index in [-0.39, 0.29) is 23.7 Å². The SMILES string of the molecule is Cc1ccc(C(C)C)c(N2CCCSC2=NC(=O)NC2CC2c2ccc(-c3ncn(-c4ccc(OC(F)(F)F)cc4)n3)cc2)c1. The van der Waals surface area contributed by atoms with Gasteiger partial charge in [0.2, 0.25) is 0 Å². The molecule has 1 aliphatic carbocycles. The van der Waals surface area contributed by atoms with Crippen LogP contribution in [0.4, 0.5) is 23.7 Å². The van der Waals surface area contributed by atoms with Crippen LogP contribution in [0.15, 0.2) is 78.0 Å². The molecule has 6 rings (SSSR count). The lowest BCUT2D eigenvalue weighted by Gasteiger charge is -2.32. The summed E-state index contributed by atoms with van der Waals surface area (Å²) >= 11 is 1.62. The minimum absolute atomic E-state index is 0.0153. The number of alkyl halides is 3. The van der Waals surface area contributed by atoms with Gasteiger partial charge in [-0.3, -0.25) is 0 Å². The van der Waals surface area contributed by atoms with E-state index in [0.29, 0.717) is 17.4 Å². The van der Waals surface area contributed by atoms with Crippen LogP contribution in [-0.2, 0) is 0 Å². The van der Waals surface area contributed by atoms with E-state index in [4.69, 9.17) is 0 Å². The van der Waals surface area contributed by atoms with Gasteiger partial charge in [0.25, 0.3) is 0 Å². The van der Waals surface area contributed by atoms with Crippen molar-refractivity contribution in [2.24, 2.45) is 4.99 Å². The number of amides is 2. The van der Waals surface area contributed by atoms with Gasteiger partial charge in [0.15, 0.2) is 11.0 Å². The van der Waals surface area contributed by atoms with Gasteiger partial charge in [-0.1, -0.05) is 62.0 Å². The highest BCUT2D eigenvalue weighted by atomic mass is 32.2. The van der Waals surface area contributed by atoms with Gasteiger partial charge in [-0.25, -0.2) is 14.5 Å². The van der Waals surface area contributed by atoms with Gasteiger partial charge in [-0.15, -0.1) is 18.3 Å². The molecular weight excluding hydrogens is 601 g/mol. The Morgan fingerprint density at radius 3 is 2.56 bits per heavy atom. The third kappa shape index (κ3) is 7.33. The van der Waals surface area contributed by atoms with Crippen LogP contribution in [0.5, 0.6) is 5.75 Å². The summed E-state index contributed by atoms with van der Waals surface area (Å²) in [5.41, 5.74) is 6.00. The van der Waals surface area contributed by atoms with E-state index in [2.05, 4.69) is 69.0 Å². The van der Waals surface area contributed by atoms with Crippen LogP contribution in [-0.4, -0.2) is 50.7 Å². The second kappa shape index (κ2) is 12.6. The largest absolute Gasteiger partial charge is 0.573 e. The molecule has 1 aromatic heterocycles. The second-order valence-electron chi connectivity index (χ2n) is 11.5. The van der Waals surface area contributed by atoms with Crippen molar-refractivity contribution >= 4 is 28.6 Å². The number of ether oxygens (including phenoxy) is 1. The third-order valence-corrected chi connectivity index (χ3v) is 8.87. The molecule has 2 heterocycles. The summed E-state index contributed by atoms with van der Waals surface area (Å²) in [5, 5.41) is 8.30. The normalized spacial score (nSPS) is 19.2. The predicted octanol–water partition coefficient (Wildman–Crippen LogP) is 7.83. The van der Waals surface area contributed by atoms with E-state index in [1.165, 1.54) is 46.4 Å². The first-order chi connectivity index (χ1) is 21.5. The Balaban J connectivity index is 1.08. The van der Waals surface area contributed by atoms with Crippen LogP contribution >= 0.6 is 11.8 Å². The first-order valence-electron chi connectivity index (χ1n) is 14.8. The highest BCUT2D eigenvalue weighted by molar-refractivity contribution is 8.14. The Bertz CT molecular complexity index is 1700. The fourth-order valence-electron chi connectivity index (χ4n) is 5.45. The minimum atomic E-state index is -4.75. The lowest BCUT2D eigenvalue weighted by atomic mass is 9.98. The molecule has 12 heteroatoms. The van der Waals surface area contributed by atoms with E-state index in [1.54, 1.807) is 11.8 Å². The molecule has 2 unspecified atom stereocenters. The van der Waals surface area contributed by atoms with Crippen LogP contribution in [0.1, 0.15) is 55.2 Å². The lowest BCUT2D eigenvalue weighted by Crippen LogP contribution is -2.37. The lowest BCUT2D eigenvalue weighted by molar-refractivity contribution is -0.274. The molecule has 2 amide bonds. The topological polar surface area (TPSA) is 84.6 Å². The van der Waals surface area contributed by atoms with Crippen molar-refractivity contribution in [2.45, 2.75) is 57.9 Å². The van der Waals surface area contributed by atoms with Crippen molar-refractivity contribution in [2.75, 3.05) is 17.2 Å². The number of carbonyl (C=O) groups excluding carboxylic acids is 1. The summed E-state index contributed by atoms with van der Waals surface area (Å²) in [7, 11) is 0. The van der Waals surface area contributed by atoms with Crippen molar-refractivity contribution in [3.05, 3.63) is 89.7 Å². The number of thioether (sulfide) groups is 1. The number of carbonyl (C=O) groups is 1. The first kappa shape index (κ1) is 30.7. The molecule has 234 valence electrons. The first-order valence-corrected chi connectivity index (χ1v) is 15.8. The maximum Gasteiger partial charge on any atom is 0.573 e. The number of amidine groups is 1. The summed E-state index contributed by atoms with van der Waals surface area (Å²) in [6.07, 6.45) is -1.38. The van der Waals surface area contributed by atoms with Crippen molar-refractivity contribution in [3.63, 3.8) is 0 Å². The molecule has 0 spiro atoms. The van der Waals surface area contributed by atoms with E-state index < -0.39 is 6.36 Å². The molecule has 4 aromatic rings. The molecule has 1 N–H and O–H groups in total. The molecule has 2 aliphatic rings. The van der Waals surface area contributed by atoms with Gasteiger partial charge in [0.05, 0.1) is 5.69 Å². The molecule has 0 bridgehead atoms. The number of nitrogens with zero attached hydrogens (tertiary/aromatic N) is 5. The summed E-state index contributed by atoms with van der Waals surface area (Å²) in [6.45, 7) is 7.28. The van der Waals surface area contributed by atoms with Crippen LogP contribution in [0.25, 0.3) is 17.1 Å². The molecule has 8 nitrogen and oxygen atoms in total. The van der Waals surface area contributed by atoms with Gasteiger partial charge < -0.3 is 15.0 Å². The van der Waals surface area contributed by atoms with E-state index in [9.17, 15) is 18.0 Å². The molecule has 0 radical (unpaired) electrons. The molecule has 1 saturated heterocycles. The standard InChI is InChI=1S/C33H33F3N6O2S/c1-20(2)26-14-5-21(3)17-29(26)41-15-4-16-45-32(41)39-31(43)38-28-18-27(28)22-6-8-23(9-7-22)30-37-19-42(40-30)24-10-12-25(13-11-24)44-33(34,35)36/h5-14,17,19-20,27-28H,4,15-16,18H2,1-3H3,(H,38,43). The van der Waals surface area contributed by atoms with Crippen LogP contribution in [0.2, 0.25) is 0 Å².